The number of carbonyl (C=O) groups is 1. The van der Waals surface area contributed by atoms with Crippen LogP contribution in [0.25, 0.3) is 0 Å². The summed E-state index contributed by atoms with van der Waals surface area (Å²) in [6, 6.07) is 0. The van der Waals surface area contributed by atoms with Gasteiger partial charge in [0, 0.05) is 25.3 Å². The smallest absolute Gasteiger partial charge is 0.240 e. The van der Waals surface area contributed by atoms with Crippen molar-refractivity contribution < 1.29 is 17.9 Å². The molecule has 1 amide bonds. The lowest BCUT2D eigenvalue weighted by atomic mass is 9.79. The van der Waals surface area contributed by atoms with E-state index < -0.39 is 20.5 Å². The van der Waals surface area contributed by atoms with E-state index in [0.717, 1.165) is 32.2 Å². The molecule has 0 unspecified atom stereocenters. The molecule has 0 spiro atoms. The fourth-order valence-corrected chi connectivity index (χ4v) is 2.69. The Morgan fingerprint density at radius 2 is 1.86 bits per heavy atom. The van der Waals surface area contributed by atoms with E-state index in [1.165, 1.54) is 13.8 Å². The fourth-order valence-electron chi connectivity index (χ4n) is 2.28. The van der Waals surface area contributed by atoms with Crippen LogP contribution in [0.2, 0.25) is 0 Å². The molecule has 6 nitrogen and oxygen atoms in total. The van der Waals surface area contributed by atoms with Gasteiger partial charge in [-0.05, 0) is 39.8 Å². The van der Waals surface area contributed by atoms with Crippen LogP contribution in [0.5, 0.6) is 0 Å². The molecule has 1 heterocycles. The molecule has 21 heavy (non-hydrogen) atoms. The summed E-state index contributed by atoms with van der Waals surface area (Å²) in [6.45, 7) is 5.64. The monoisotopic (exact) mass is 342 g/mol. The Hall–Kier alpha value is -0.370. The average Bonchev–Trinajstić information content (AvgIpc) is 2.36. The second kappa shape index (κ2) is 7.76. The number of nitrogens with one attached hydrogen (secondary N) is 2. The van der Waals surface area contributed by atoms with Crippen molar-refractivity contribution in [3.05, 3.63) is 0 Å². The maximum absolute atomic E-state index is 12.2. The van der Waals surface area contributed by atoms with Gasteiger partial charge in [-0.25, -0.2) is 8.42 Å². The van der Waals surface area contributed by atoms with Crippen molar-refractivity contribution in [3.8, 4) is 0 Å². The van der Waals surface area contributed by atoms with Crippen molar-refractivity contribution in [2.24, 2.45) is 5.41 Å². The van der Waals surface area contributed by atoms with Gasteiger partial charge in [-0.2, -0.15) is 0 Å². The normalized spacial score (nSPS) is 18.7. The quantitative estimate of drug-likeness (QED) is 0.728. The van der Waals surface area contributed by atoms with E-state index in [1.54, 1.807) is 7.11 Å². The summed E-state index contributed by atoms with van der Waals surface area (Å²) in [4.78, 5) is 12.2. The molecule has 0 aliphatic carbocycles. The van der Waals surface area contributed by atoms with Crippen LogP contribution < -0.4 is 10.6 Å². The summed E-state index contributed by atoms with van der Waals surface area (Å²) in [5.41, 5.74) is -0.108. The van der Waals surface area contributed by atoms with E-state index in [1.807, 2.05) is 0 Å². The third-order valence-corrected chi connectivity index (χ3v) is 6.25. The lowest BCUT2D eigenvalue weighted by Gasteiger charge is -2.37. The van der Waals surface area contributed by atoms with Crippen LogP contribution in [0, 0.1) is 5.41 Å². The van der Waals surface area contributed by atoms with Gasteiger partial charge in [0.2, 0.25) is 5.91 Å². The Labute approximate surface area is 133 Å². The maximum atomic E-state index is 12.2. The number of ether oxygens (including phenoxy) is 1. The number of piperidine rings is 1. The molecular formula is C13H27ClN2O4S. The minimum Gasteiger partial charge on any atom is -0.384 e. The second-order valence-electron chi connectivity index (χ2n) is 6.15. The fraction of sp³-hybridized carbons (Fsp3) is 0.923. The van der Waals surface area contributed by atoms with Gasteiger partial charge < -0.3 is 15.4 Å². The van der Waals surface area contributed by atoms with Crippen molar-refractivity contribution in [3.63, 3.8) is 0 Å². The molecule has 0 bridgehead atoms. The SMILES string of the molecule is COCC1(CNC(=O)C(C)(C)S(C)(=O)=O)CCNCC1.Cl. The molecule has 1 saturated heterocycles. The molecule has 0 aromatic carbocycles. The lowest BCUT2D eigenvalue weighted by Crippen LogP contribution is -2.53. The highest BCUT2D eigenvalue weighted by Gasteiger charge is 2.40. The number of rotatable bonds is 6. The van der Waals surface area contributed by atoms with E-state index >= 15 is 0 Å². The van der Waals surface area contributed by atoms with Gasteiger partial charge in [0.25, 0.3) is 0 Å². The minimum atomic E-state index is -3.44. The van der Waals surface area contributed by atoms with E-state index in [4.69, 9.17) is 4.74 Å². The molecule has 1 aliphatic rings. The number of hydrogen-bond donors (Lipinski definition) is 2. The zero-order valence-corrected chi connectivity index (χ0v) is 14.8. The van der Waals surface area contributed by atoms with Gasteiger partial charge in [0.05, 0.1) is 6.61 Å². The highest BCUT2D eigenvalue weighted by molar-refractivity contribution is 7.92. The van der Waals surface area contributed by atoms with Crippen LogP contribution in [-0.4, -0.2) is 58.7 Å². The Kier molecular flexibility index (Phi) is 7.62. The molecule has 1 aliphatic heterocycles. The van der Waals surface area contributed by atoms with Crippen LogP contribution in [0.15, 0.2) is 0 Å². The summed E-state index contributed by atoms with van der Waals surface area (Å²) in [6.07, 6.45) is 2.89. The van der Waals surface area contributed by atoms with Gasteiger partial charge in [-0.3, -0.25) is 4.79 Å². The van der Waals surface area contributed by atoms with Crippen LogP contribution >= 0.6 is 12.4 Å². The van der Waals surface area contributed by atoms with Crippen LogP contribution in [0.4, 0.5) is 0 Å². The van der Waals surface area contributed by atoms with Gasteiger partial charge in [0.15, 0.2) is 9.84 Å². The summed E-state index contributed by atoms with van der Waals surface area (Å²) in [5.74, 6) is -0.450. The van der Waals surface area contributed by atoms with Gasteiger partial charge >= 0.3 is 0 Å². The Morgan fingerprint density at radius 3 is 2.29 bits per heavy atom. The molecule has 1 rings (SSSR count). The van der Waals surface area contributed by atoms with E-state index in [9.17, 15) is 13.2 Å². The third-order valence-electron chi connectivity index (χ3n) is 4.21. The van der Waals surface area contributed by atoms with Gasteiger partial charge in [0.1, 0.15) is 4.75 Å². The number of sulfone groups is 1. The first kappa shape index (κ1) is 20.6. The molecule has 0 radical (unpaired) electrons. The number of halogens is 1. The molecular weight excluding hydrogens is 316 g/mol. The first-order valence-corrected chi connectivity index (χ1v) is 8.71. The molecule has 2 N–H and O–H groups in total. The van der Waals surface area contributed by atoms with Crippen LogP contribution in [0.1, 0.15) is 26.7 Å². The summed E-state index contributed by atoms with van der Waals surface area (Å²) >= 11 is 0. The highest BCUT2D eigenvalue weighted by atomic mass is 35.5. The molecule has 0 atom stereocenters. The predicted octanol–water partition coefficient (Wildman–Crippen LogP) is 0.364. The molecule has 0 aromatic heterocycles. The van der Waals surface area contributed by atoms with Crippen molar-refractivity contribution in [2.75, 3.05) is 39.6 Å². The lowest BCUT2D eigenvalue weighted by molar-refractivity contribution is -0.123. The largest absolute Gasteiger partial charge is 0.384 e. The molecule has 1 fully saturated rings. The first-order valence-electron chi connectivity index (χ1n) is 6.82. The number of hydrogen-bond acceptors (Lipinski definition) is 5. The summed E-state index contributed by atoms with van der Waals surface area (Å²) in [7, 11) is -1.80. The minimum absolute atomic E-state index is 0. The maximum Gasteiger partial charge on any atom is 0.240 e. The van der Waals surface area contributed by atoms with Crippen molar-refractivity contribution >= 4 is 28.2 Å². The Morgan fingerprint density at radius 1 is 1.33 bits per heavy atom. The third kappa shape index (κ3) is 5.09. The standard InChI is InChI=1S/C13H26N2O4S.ClH/c1-12(2,20(4,17)18)11(16)15-9-13(10-19-3)5-7-14-8-6-13;/h14H,5-10H2,1-4H3,(H,15,16);1H. The number of carbonyl (C=O) groups excluding carboxylic acids is 1. The summed E-state index contributed by atoms with van der Waals surface area (Å²) < 4.78 is 27.2. The topological polar surface area (TPSA) is 84.5 Å². The molecule has 8 heteroatoms. The van der Waals surface area contributed by atoms with Crippen LogP contribution in [0.3, 0.4) is 0 Å². The Bertz CT molecular complexity index is 440. The van der Waals surface area contributed by atoms with Crippen molar-refractivity contribution in [2.45, 2.75) is 31.4 Å². The van der Waals surface area contributed by atoms with E-state index in [2.05, 4.69) is 10.6 Å². The second-order valence-corrected chi connectivity index (χ2v) is 8.71. The first-order chi connectivity index (χ1) is 9.15. The molecule has 0 aromatic rings. The van der Waals surface area contributed by atoms with Crippen LogP contribution in [-0.2, 0) is 19.4 Å². The predicted molar refractivity (Wildman–Crippen MR) is 85.6 cm³/mol. The number of amides is 1. The highest BCUT2D eigenvalue weighted by Crippen LogP contribution is 2.28. The van der Waals surface area contributed by atoms with Gasteiger partial charge in [-0.15, -0.1) is 12.4 Å². The zero-order chi connectivity index (χ0) is 15.4. The van der Waals surface area contributed by atoms with E-state index in [0.29, 0.717) is 13.2 Å². The Balaban J connectivity index is 0.00000400. The zero-order valence-electron chi connectivity index (χ0n) is 13.2. The van der Waals surface area contributed by atoms with Gasteiger partial charge in [-0.1, -0.05) is 0 Å². The molecule has 126 valence electrons. The number of methoxy groups -OCH3 is 1. The molecule has 0 saturated carbocycles. The van der Waals surface area contributed by atoms with Crippen molar-refractivity contribution in [1.29, 1.82) is 0 Å². The summed E-state index contributed by atoms with van der Waals surface area (Å²) in [5, 5.41) is 6.07. The average molecular weight is 343 g/mol. The van der Waals surface area contributed by atoms with Crippen molar-refractivity contribution in [1.82, 2.24) is 10.6 Å². The van der Waals surface area contributed by atoms with E-state index in [-0.39, 0.29) is 17.8 Å².